The molecule has 10 heteroatoms. The van der Waals surface area contributed by atoms with Gasteiger partial charge in [-0.05, 0) is 69.7 Å². The third-order valence-corrected chi connectivity index (χ3v) is 16.9. The van der Waals surface area contributed by atoms with E-state index in [4.69, 9.17) is 33.2 Å². The van der Waals surface area contributed by atoms with Crippen LogP contribution in [0.15, 0.2) is 24.3 Å². The molecule has 0 radical (unpaired) electrons. The predicted octanol–water partition coefficient (Wildman–Crippen LogP) is 23.8. The summed E-state index contributed by atoms with van der Waals surface area (Å²) in [5.41, 5.74) is 0.757. The molecule has 0 spiro atoms. The second-order valence-electron chi connectivity index (χ2n) is 25.5. The lowest BCUT2D eigenvalue weighted by Crippen LogP contribution is -2.36. The zero-order valence-corrected chi connectivity index (χ0v) is 58.0. The summed E-state index contributed by atoms with van der Waals surface area (Å²) in [6.07, 6.45) is 57.7. The van der Waals surface area contributed by atoms with Gasteiger partial charge in [0.1, 0.15) is 6.61 Å². The van der Waals surface area contributed by atoms with E-state index in [0.717, 1.165) is 77.0 Å². The molecule has 0 fully saturated rings. The minimum Gasteiger partial charge on any atom is -0.490 e. The first-order valence-corrected chi connectivity index (χ1v) is 37.4. The van der Waals surface area contributed by atoms with Crippen molar-refractivity contribution < 1.29 is 42.7 Å². The molecule has 1 atom stereocenters. The largest absolute Gasteiger partial charge is 0.490 e. The van der Waals surface area contributed by atoms with Crippen LogP contribution in [-0.2, 0) is 4.74 Å². The summed E-state index contributed by atoms with van der Waals surface area (Å²) in [5, 5.41) is 3.13. The standard InChI is InChI=1S/C77H137NO9/c1-8-14-20-26-32-38-44-50-56-81-70-62-68(63-71(82-57-51-45-39-33-27-21-15-9-2)74(70)85-60-54-48-42-36-30-24-18-12-5)76(79)78-67(7)66-87-77(80)69-64-72(83-58-52-46-40-34-28-22-16-10-3)75(86-61-55-49-43-37-31-25-19-13-6)73(65-69)84-59-53-47-41-35-29-23-17-11-4/h62-65,67H,8-61,66H2,1-7H3,(H,78,79). The third-order valence-electron chi connectivity index (χ3n) is 16.9. The highest BCUT2D eigenvalue weighted by Crippen LogP contribution is 2.41. The number of amides is 1. The SMILES string of the molecule is CCCCCCCCCCOc1cc(C(=O)NC(C)COC(=O)c2cc(OCCCCCCCCCC)c(OCCCCCCCCCC)c(OCCCCCCCCCC)c2)cc(OCCCCCCCCCC)c1OCCCCCCCCCC. The molecule has 0 aliphatic rings. The van der Waals surface area contributed by atoms with E-state index in [-0.39, 0.29) is 12.5 Å². The van der Waals surface area contributed by atoms with Crippen molar-refractivity contribution in [3.63, 3.8) is 0 Å². The highest BCUT2D eigenvalue weighted by molar-refractivity contribution is 5.96. The fraction of sp³-hybridized carbons (Fsp3) is 0.818. The Morgan fingerprint density at radius 1 is 0.299 bits per heavy atom. The van der Waals surface area contributed by atoms with E-state index in [2.05, 4.69) is 46.9 Å². The minimum absolute atomic E-state index is 0.0342. The summed E-state index contributed by atoms with van der Waals surface area (Å²) in [7, 11) is 0. The highest BCUT2D eigenvalue weighted by atomic mass is 16.6. The maximum absolute atomic E-state index is 14.4. The van der Waals surface area contributed by atoms with E-state index < -0.39 is 12.0 Å². The van der Waals surface area contributed by atoms with Gasteiger partial charge in [0.05, 0.1) is 51.2 Å². The Kier molecular flexibility index (Phi) is 53.3. The Morgan fingerprint density at radius 2 is 0.506 bits per heavy atom. The number of hydrogen-bond acceptors (Lipinski definition) is 9. The molecule has 0 saturated carbocycles. The molecule has 0 bridgehead atoms. The van der Waals surface area contributed by atoms with Crippen LogP contribution in [0.1, 0.15) is 377 Å². The number of carbonyl (C=O) groups excluding carboxylic acids is 2. The minimum atomic E-state index is -0.508. The van der Waals surface area contributed by atoms with E-state index in [1.54, 1.807) is 12.1 Å². The Labute approximate surface area is 536 Å². The first-order valence-electron chi connectivity index (χ1n) is 37.4. The fourth-order valence-corrected chi connectivity index (χ4v) is 11.2. The van der Waals surface area contributed by atoms with Crippen LogP contribution in [-0.4, -0.2) is 64.2 Å². The molecule has 0 aliphatic carbocycles. The van der Waals surface area contributed by atoms with Gasteiger partial charge in [-0.15, -0.1) is 0 Å². The number of carbonyl (C=O) groups is 2. The van der Waals surface area contributed by atoms with E-state index in [1.165, 1.54) is 231 Å². The Balaban J connectivity index is 2.38. The number of unbranched alkanes of at least 4 members (excludes halogenated alkanes) is 42. The number of esters is 1. The van der Waals surface area contributed by atoms with E-state index >= 15 is 0 Å². The zero-order valence-electron chi connectivity index (χ0n) is 58.0. The molecule has 0 heterocycles. The number of benzene rings is 2. The Hall–Kier alpha value is -3.82. The molecule has 2 aromatic carbocycles. The van der Waals surface area contributed by atoms with Crippen molar-refractivity contribution in [3.05, 3.63) is 35.4 Å². The quantitative estimate of drug-likeness (QED) is 0.0511. The fourth-order valence-electron chi connectivity index (χ4n) is 11.2. The summed E-state index contributed by atoms with van der Waals surface area (Å²) in [6, 6.07) is 6.66. The van der Waals surface area contributed by atoms with Crippen LogP contribution in [0.4, 0.5) is 0 Å². The number of nitrogens with one attached hydrogen (secondary N) is 1. The normalized spacial score (nSPS) is 11.7. The van der Waals surface area contributed by atoms with Gasteiger partial charge < -0.3 is 38.5 Å². The van der Waals surface area contributed by atoms with Crippen LogP contribution in [0.5, 0.6) is 34.5 Å². The molecule has 504 valence electrons. The molecule has 1 N–H and O–H groups in total. The average Bonchev–Trinajstić information content (AvgIpc) is 3.73. The van der Waals surface area contributed by atoms with Crippen molar-refractivity contribution in [2.45, 2.75) is 363 Å². The molecule has 2 rings (SSSR count). The van der Waals surface area contributed by atoms with Gasteiger partial charge in [0.15, 0.2) is 23.0 Å². The molecule has 0 saturated heterocycles. The Bertz CT molecular complexity index is 1800. The maximum Gasteiger partial charge on any atom is 0.338 e. The van der Waals surface area contributed by atoms with Gasteiger partial charge in [-0.1, -0.05) is 311 Å². The van der Waals surface area contributed by atoms with Gasteiger partial charge in [0, 0.05) is 5.56 Å². The number of hydrogen-bond donors (Lipinski definition) is 1. The lowest BCUT2D eigenvalue weighted by molar-refractivity contribution is 0.0463. The predicted molar refractivity (Wildman–Crippen MR) is 369 cm³/mol. The Morgan fingerprint density at radius 3 is 0.747 bits per heavy atom. The van der Waals surface area contributed by atoms with Crippen LogP contribution in [0.3, 0.4) is 0 Å². The second kappa shape index (κ2) is 58.5. The molecule has 1 amide bonds. The zero-order chi connectivity index (χ0) is 62.7. The van der Waals surface area contributed by atoms with Crippen molar-refractivity contribution in [1.82, 2.24) is 5.32 Å². The molecular weight excluding hydrogens is 1080 g/mol. The van der Waals surface area contributed by atoms with Gasteiger partial charge in [-0.3, -0.25) is 4.79 Å². The van der Waals surface area contributed by atoms with Crippen molar-refractivity contribution >= 4 is 11.9 Å². The molecule has 2 aromatic rings. The van der Waals surface area contributed by atoms with Gasteiger partial charge in [0.2, 0.25) is 11.5 Å². The van der Waals surface area contributed by atoms with Gasteiger partial charge in [0.25, 0.3) is 5.91 Å². The van der Waals surface area contributed by atoms with Gasteiger partial charge in [-0.2, -0.15) is 0 Å². The van der Waals surface area contributed by atoms with E-state index in [1.807, 2.05) is 19.1 Å². The van der Waals surface area contributed by atoms with E-state index in [9.17, 15) is 9.59 Å². The number of rotatable bonds is 65. The summed E-state index contributed by atoms with van der Waals surface area (Å²) >= 11 is 0. The number of ether oxygens (including phenoxy) is 7. The van der Waals surface area contributed by atoms with Gasteiger partial charge in [-0.25, -0.2) is 4.79 Å². The maximum atomic E-state index is 14.4. The van der Waals surface area contributed by atoms with Gasteiger partial charge >= 0.3 is 5.97 Å². The van der Waals surface area contributed by atoms with Crippen LogP contribution >= 0.6 is 0 Å². The van der Waals surface area contributed by atoms with Crippen LogP contribution in [0.2, 0.25) is 0 Å². The van der Waals surface area contributed by atoms with Crippen molar-refractivity contribution in [2.24, 2.45) is 0 Å². The third kappa shape index (κ3) is 42.7. The van der Waals surface area contributed by atoms with Crippen molar-refractivity contribution in [1.29, 1.82) is 0 Å². The molecular formula is C77H137NO9. The van der Waals surface area contributed by atoms with Crippen LogP contribution in [0, 0.1) is 0 Å². The monoisotopic (exact) mass is 1220 g/mol. The second-order valence-corrected chi connectivity index (χ2v) is 25.5. The molecule has 1 unspecified atom stereocenters. The molecule has 0 aromatic heterocycles. The summed E-state index contributed by atoms with van der Waals surface area (Å²) in [6.45, 7) is 18.6. The summed E-state index contributed by atoms with van der Waals surface area (Å²) in [4.78, 5) is 28.6. The lowest BCUT2D eigenvalue weighted by Gasteiger charge is -2.20. The first-order chi connectivity index (χ1) is 42.8. The topological polar surface area (TPSA) is 111 Å². The van der Waals surface area contributed by atoms with Crippen molar-refractivity contribution in [2.75, 3.05) is 46.2 Å². The van der Waals surface area contributed by atoms with Crippen LogP contribution in [0.25, 0.3) is 0 Å². The molecule has 0 aliphatic heterocycles. The molecule has 10 nitrogen and oxygen atoms in total. The summed E-state index contributed by atoms with van der Waals surface area (Å²) in [5.74, 6) is 2.47. The van der Waals surface area contributed by atoms with Crippen LogP contribution < -0.4 is 33.7 Å². The summed E-state index contributed by atoms with van der Waals surface area (Å²) < 4.78 is 45.5. The average molecular weight is 1220 g/mol. The highest BCUT2D eigenvalue weighted by Gasteiger charge is 2.23. The smallest absolute Gasteiger partial charge is 0.338 e. The van der Waals surface area contributed by atoms with E-state index in [0.29, 0.717) is 85.3 Å². The van der Waals surface area contributed by atoms with Crippen molar-refractivity contribution in [3.8, 4) is 34.5 Å². The molecule has 87 heavy (non-hydrogen) atoms. The first kappa shape index (κ1) is 79.3. The lowest BCUT2D eigenvalue weighted by atomic mass is 10.1.